The number of alkyl halides is 3. The van der Waals surface area contributed by atoms with Crippen molar-refractivity contribution in [3.8, 4) is 0 Å². The normalized spacial score (nSPS) is 11.7. The summed E-state index contributed by atoms with van der Waals surface area (Å²) in [6.45, 7) is 0. The van der Waals surface area contributed by atoms with Crippen molar-refractivity contribution in [2.45, 2.75) is 12.6 Å². The monoisotopic (exact) mass is 177 g/mol. The Balaban J connectivity index is 2.77. The van der Waals surface area contributed by atoms with E-state index in [4.69, 9.17) is 0 Å². The van der Waals surface area contributed by atoms with Crippen molar-refractivity contribution in [3.63, 3.8) is 0 Å². The predicted molar refractivity (Wildman–Crippen MR) is 35.0 cm³/mol. The first-order valence-corrected chi connectivity index (χ1v) is 3.20. The van der Waals surface area contributed by atoms with Gasteiger partial charge in [0, 0.05) is 6.07 Å². The van der Waals surface area contributed by atoms with Gasteiger partial charge < -0.3 is 0 Å². The summed E-state index contributed by atoms with van der Waals surface area (Å²) in [6.07, 6.45) is -5.38. The number of rotatable bonds is 1. The van der Waals surface area contributed by atoms with Crippen LogP contribution in [-0.4, -0.2) is 6.18 Å². The highest BCUT2D eigenvalue weighted by molar-refractivity contribution is 5.16. The van der Waals surface area contributed by atoms with Crippen molar-refractivity contribution in [1.29, 1.82) is 0 Å². The Labute approximate surface area is 66.8 Å². The van der Waals surface area contributed by atoms with Crippen LogP contribution in [0, 0.1) is 11.9 Å². The van der Waals surface area contributed by atoms with Crippen LogP contribution in [0.5, 0.6) is 0 Å². The Hall–Kier alpha value is -1.06. The van der Waals surface area contributed by atoms with E-state index in [0.29, 0.717) is 0 Å². The molecule has 12 heavy (non-hydrogen) atoms. The van der Waals surface area contributed by atoms with Gasteiger partial charge in [0.1, 0.15) is 5.82 Å². The minimum absolute atomic E-state index is 0.0845. The van der Waals surface area contributed by atoms with Crippen LogP contribution in [0.2, 0.25) is 0 Å². The molecule has 0 aliphatic rings. The Bertz CT molecular complexity index is 264. The summed E-state index contributed by atoms with van der Waals surface area (Å²) >= 11 is 0. The van der Waals surface area contributed by atoms with Gasteiger partial charge >= 0.3 is 6.18 Å². The van der Waals surface area contributed by atoms with E-state index < -0.39 is 18.4 Å². The fourth-order valence-corrected chi connectivity index (χ4v) is 0.822. The van der Waals surface area contributed by atoms with E-state index in [2.05, 4.69) is 6.07 Å². The molecule has 1 aromatic carbocycles. The Morgan fingerprint density at radius 2 is 2.00 bits per heavy atom. The highest BCUT2D eigenvalue weighted by Crippen LogP contribution is 2.21. The molecule has 0 atom stereocenters. The topological polar surface area (TPSA) is 0 Å². The molecule has 0 fully saturated rings. The maximum atomic E-state index is 12.3. The van der Waals surface area contributed by atoms with E-state index in [9.17, 15) is 17.6 Å². The van der Waals surface area contributed by atoms with Gasteiger partial charge in [-0.1, -0.05) is 12.1 Å². The summed E-state index contributed by atoms with van der Waals surface area (Å²) in [5, 5.41) is 0. The molecule has 0 aromatic heterocycles. The third-order valence-corrected chi connectivity index (χ3v) is 1.24. The van der Waals surface area contributed by atoms with Gasteiger partial charge in [-0.2, -0.15) is 13.2 Å². The van der Waals surface area contributed by atoms with Crippen LogP contribution in [0.3, 0.4) is 0 Å². The summed E-state index contributed by atoms with van der Waals surface area (Å²) in [7, 11) is 0. The average molecular weight is 177 g/mol. The third kappa shape index (κ3) is 2.90. The summed E-state index contributed by atoms with van der Waals surface area (Å²) in [5.41, 5.74) is -0.0845. The standard InChI is InChI=1S/C8H5F4/c9-7-3-1-2-6(4-7)5-8(10,11)12/h1-2,4H,5H2. The molecule has 0 unspecified atom stereocenters. The molecule has 0 heterocycles. The molecule has 1 rings (SSSR count). The molecule has 1 radical (unpaired) electrons. The molecule has 0 spiro atoms. The molecule has 0 saturated heterocycles. The van der Waals surface area contributed by atoms with Crippen LogP contribution in [0.1, 0.15) is 5.56 Å². The number of hydrogen-bond donors (Lipinski definition) is 0. The van der Waals surface area contributed by atoms with Crippen molar-refractivity contribution in [2.24, 2.45) is 0 Å². The molecule has 0 amide bonds. The van der Waals surface area contributed by atoms with Gasteiger partial charge in [-0.25, -0.2) is 4.39 Å². The van der Waals surface area contributed by atoms with Crippen LogP contribution < -0.4 is 0 Å². The minimum Gasteiger partial charge on any atom is -0.206 e. The molecule has 65 valence electrons. The fraction of sp³-hybridized carbons (Fsp3) is 0.250. The van der Waals surface area contributed by atoms with E-state index in [1.54, 1.807) is 0 Å². The lowest BCUT2D eigenvalue weighted by molar-refractivity contribution is -0.127. The van der Waals surface area contributed by atoms with Crippen molar-refractivity contribution in [3.05, 3.63) is 35.6 Å². The maximum Gasteiger partial charge on any atom is 0.393 e. The number of benzene rings is 1. The van der Waals surface area contributed by atoms with Gasteiger partial charge in [0.05, 0.1) is 6.42 Å². The molecule has 0 aliphatic carbocycles. The maximum absolute atomic E-state index is 12.3. The SMILES string of the molecule is Fc1[c]ccc(CC(F)(F)F)c1. The highest BCUT2D eigenvalue weighted by Gasteiger charge is 2.27. The Morgan fingerprint density at radius 3 is 2.50 bits per heavy atom. The van der Waals surface area contributed by atoms with E-state index in [1.165, 1.54) is 6.07 Å². The zero-order chi connectivity index (χ0) is 9.19. The van der Waals surface area contributed by atoms with Crippen molar-refractivity contribution in [2.75, 3.05) is 0 Å². The number of hydrogen-bond acceptors (Lipinski definition) is 0. The van der Waals surface area contributed by atoms with Gasteiger partial charge in [-0.05, 0) is 11.6 Å². The first-order valence-electron chi connectivity index (χ1n) is 3.20. The van der Waals surface area contributed by atoms with Crippen LogP contribution in [-0.2, 0) is 6.42 Å². The predicted octanol–water partition coefficient (Wildman–Crippen LogP) is 2.73. The largest absolute Gasteiger partial charge is 0.393 e. The van der Waals surface area contributed by atoms with E-state index in [-0.39, 0.29) is 5.56 Å². The Kier molecular flexibility index (Phi) is 2.35. The summed E-state index contributed by atoms with van der Waals surface area (Å²) < 4.78 is 47.5. The molecule has 0 saturated carbocycles. The second-order valence-corrected chi connectivity index (χ2v) is 2.34. The van der Waals surface area contributed by atoms with E-state index >= 15 is 0 Å². The van der Waals surface area contributed by atoms with Crippen LogP contribution in [0.4, 0.5) is 17.6 Å². The minimum atomic E-state index is -4.28. The fourth-order valence-electron chi connectivity index (χ4n) is 0.822. The van der Waals surface area contributed by atoms with Crippen molar-refractivity contribution in [1.82, 2.24) is 0 Å². The summed E-state index contributed by atoms with van der Waals surface area (Å²) in [4.78, 5) is 0. The Morgan fingerprint density at radius 1 is 1.33 bits per heavy atom. The zero-order valence-electron chi connectivity index (χ0n) is 5.95. The van der Waals surface area contributed by atoms with Crippen LogP contribution in [0.25, 0.3) is 0 Å². The van der Waals surface area contributed by atoms with Crippen molar-refractivity contribution >= 4 is 0 Å². The lowest BCUT2D eigenvalue weighted by Crippen LogP contribution is -2.11. The summed E-state index contributed by atoms with van der Waals surface area (Å²) in [5.74, 6) is -0.767. The van der Waals surface area contributed by atoms with Crippen LogP contribution >= 0.6 is 0 Å². The first kappa shape index (κ1) is 9.03. The van der Waals surface area contributed by atoms with Gasteiger partial charge in [0.15, 0.2) is 0 Å². The van der Waals surface area contributed by atoms with E-state index in [0.717, 1.165) is 12.1 Å². The smallest absolute Gasteiger partial charge is 0.206 e. The molecule has 0 N–H and O–H groups in total. The van der Waals surface area contributed by atoms with Crippen LogP contribution in [0.15, 0.2) is 18.2 Å². The molecular formula is C8H5F4. The van der Waals surface area contributed by atoms with Gasteiger partial charge in [-0.3, -0.25) is 0 Å². The van der Waals surface area contributed by atoms with Gasteiger partial charge in [0.2, 0.25) is 0 Å². The quantitative estimate of drug-likeness (QED) is 0.578. The molecule has 0 nitrogen and oxygen atoms in total. The first-order chi connectivity index (χ1) is 5.47. The lowest BCUT2D eigenvalue weighted by Gasteiger charge is -2.05. The zero-order valence-corrected chi connectivity index (χ0v) is 5.95. The molecule has 0 bridgehead atoms. The number of halogens is 4. The average Bonchev–Trinajstić information content (AvgIpc) is 1.82. The third-order valence-electron chi connectivity index (χ3n) is 1.24. The molecule has 4 heteroatoms. The van der Waals surface area contributed by atoms with E-state index in [1.807, 2.05) is 0 Å². The summed E-state index contributed by atoms with van der Waals surface area (Å²) in [6, 6.07) is 5.28. The molecular weight excluding hydrogens is 172 g/mol. The molecule has 1 aromatic rings. The highest BCUT2D eigenvalue weighted by atomic mass is 19.4. The van der Waals surface area contributed by atoms with Crippen molar-refractivity contribution < 1.29 is 17.6 Å². The van der Waals surface area contributed by atoms with Gasteiger partial charge in [-0.15, -0.1) is 0 Å². The second kappa shape index (κ2) is 3.13. The molecule has 0 aliphatic heterocycles. The lowest BCUT2D eigenvalue weighted by atomic mass is 10.1. The van der Waals surface area contributed by atoms with Gasteiger partial charge in [0.25, 0.3) is 0 Å². The second-order valence-electron chi connectivity index (χ2n) is 2.34.